The molecule has 6 aromatic rings. The van der Waals surface area contributed by atoms with E-state index < -0.39 is 23.8 Å². The maximum Gasteiger partial charge on any atom is 0.262 e. The summed E-state index contributed by atoms with van der Waals surface area (Å²) in [5, 5.41) is 4.69. The van der Waals surface area contributed by atoms with Crippen LogP contribution in [-0.2, 0) is 11.2 Å². The topological polar surface area (TPSA) is 92.3 Å². The quantitative estimate of drug-likeness (QED) is 0.229. The number of imide groups is 1. The molecule has 0 radical (unpaired) electrons. The van der Waals surface area contributed by atoms with Crippen molar-refractivity contribution >= 4 is 56.2 Å². The summed E-state index contributed by atoms with van der Waals surface area (Å²) in [6, 6.07) is 32.2. The van der Waals surface area contributed by atoms with Gasteiger partial charge in [-0.15, -0.1) is 0 Å². The van der Waals surface area contributed by atoms with E-state index in [1.165, 1.54) is 0 Å². The number of anilines is 1. The lowest BCUT2D eigenvalue weighted by Gasteiger charge is -2.26. The predicted octanol–water partition coefficient (Wildman–Crippen LogP) is 5.78. The van der Waals surface area contributed by atoms with Crippen molar-refractivity contribution in [1.82, 2.24) is 14.9 Å². The summed E-state index contributed by atoms with van der Waals surface area (Å²) in [5.41, 5.74) is 5.06. The van der Waals surface area contributed by atoms with Crippen LogP contribution < -0.4 is 5.32 Å². The van der Waals surface area contributed by atoms with Crippen LogP contribution in [0.4, 0.5) is 5.69 Å². The zero-order valence-electron chi connectivity index (χ0n) is 21.2. The first-order chi connectivity index (χ1) is 19.6. The average Bonchev–Trinajstić information content (AvgIpc) is 3.23. The van der Waals surface area contributed by atoms with Gasteiger partial charge < -0.3 is 5.32 Å². The summed E-state index contributed by atoms with van der Waals surface area (Å²) in [7, 11) is 0. The first-order valence-electron chi connectivity index (χ1n) is 13.0. The van der Waals surface area contributed by atoms with Crippen molar-refractivity contribution in [3.63, 3.8) is 0 Å². The molecule has 1 atom stereocenters. The lowest BCUT2D eigenvalue weighted by atomic mass is 10.0. The number of aromatic nitrogens is 2. The Labute approximate surface area is 229 Å². The minimum atomic E-state index is -1.05. The molecule has 0 saturated heterocycles. The number of para-hydroxylation sites is 2. The van der Waals surface area contributed by atoms with Gasteiger partial charge in [-0.05, 0) is 53.4 Å². The molecule has 1 N–H and O–H groups in total. The van der Waals surface area contributed by atoms with Gasteiger partial charge in [-0.3, -0.25) is 19.3 Å². The van der Waals surface area contributed by atoms with Crippen LogP contribution in [0.1, 0.15) is 26.3 Å². The first kappa shape index (κ1) is 23.7. The molecule has 0 saturated carbocycles. The van der Waals surface area contributed by atoms with E-state index >= 15 is 0 Å². The highest BCUT2D eigenvalue weighted by atomic mass is 16.2. The number of nitrogens with one attached hydrogen (secondary N) is 1. The molecule has 0 bridgehead atoms. The van der Waals surface area contributed by atoms with Gasteiger partial charge in [0.1, 0.15) is 6.04 Å². The van der Waals surface area contributed by atoms with Crippen molar-refractivity contribution in [3.05, 3.63) is 126 Å². The third-order valence-electron chi connectivity index (χ3n) is 7.31. The van der Waals surface area contributed by atoms with Crippen LogP contribution in [-0.4, -0.2) is 38.6 Å². The van der Waals surface area contributed by atoms with Gasteiger partial charge in [-0.1, -0.05) is 66.7 Å². The van der Waals surface area contributed by atoms with Crippen LogP contribution in [0.2, 0.25) is 0 Å². The maximum atomic E-state index is 13.9. The SMILES string of the molecule is O=C(Nc1cccc2cc3nc4ccccc4nc3cc12)C(Cc1ccccc1)N1C(=O)c2ccccc2C1=O. The first-order valence-corrected chi connectivity index (χ1v) is 13.0. The molecule has 1 aliphatic rings. The minimum absolute atomic E-state index is 0.184. The van der Waals surface area contributed by atoms with E-state index in [-0.39, 0.29) is 6.42 Å². The van der Waals surface area contributed by atoms with E-state index in [0.717, 1.165) is 37.8 Å². The minimum Gasteiger partial charge on any atom is -0.324 e. The smallest absolute Gasteiger partial charge is 0.262 e. The van der Waals surface area contributed by atoms with E-state index in [1.54, 1.807) is 24.3 Å². The van der Waals surface area contributed by atoms with Gasteiger partial charge in [0.2, 0.25) is 5.91 Å². The normalized spacial score (nSPS) is 13.7. The summed E-state index contributed by atoms with van der Waals surface area (Å²) < 4.78 is 0. The maximum absolute atomic E-state index is 13.9. The zero-order valence-corrected chi connectivity index (χ0v) is 21.2. The molecule has 1 unspecified atom stereocenters. The van der Waals surface area contributed by atoms with Crippen molar-refractivity contribution in [2.24, 2.45) is 0 Å². The summed E-state index contributed by atoms with van der Waals surface area (Å²) in [4.78, 5) is 51.3. The lowest BCUT2D eigenvalue weighted by Crippen LogP contribution is -2.48. The van der Waals surface area contributed by atoms with Crippen molar-refractivity contribution in [2.75, 3.05) is 5.32 Å². The van der Waals surface area contributed by atoms with E-state index in [1.807, 2.05) is 84.9 Å². The molecule has 2 heterocycles. The predicted molar refractivity (Wildman–Crippen MR) is 154 cm³/mol. The number of fused-ring (bicyclic) bond motifs is 4. The van der Waals surface area contributed by atoms with Crippen molar-refractivity contribution in [2.45, 2.75) is 12.5 Å². The molecule has 0 spiro atoms. The van der Waals surface area contributed by atoms with E-state index in [4.69, 9.17) is 9.97 Å². The van der Waals surface area contributed by atoms with Crippen molar-refractivity contribution < 1.29 is 14.4 Å². The Hall–Kier alpha value is -5.43. The van der Waals surface area contributed by atoms with Gasteiger partial charge in [0.15, 0.2) is 0 Å². The average molecular weight is 523 g/mol. The molecular weight excluding hydrogens is 500 g/mol. The van der Waals surface area contributed by atoms with Gasteiger partial charge in [0.25, 0.3) is 11.8 Å². The highest BCUT2D eigenvalue weighted by molar-refractivity contribution is 6.23. The fourth-order valence-electron chi connectivity index (χ4n) is 5.35. The number of hydrogen-bond donors (Lipinski definition) is 1. The molecule has 0 fully saturated rings. The van der Waals surface area contributed by atoms with Crippen molar-refractivity contribution in [1.29, 1.82) is 0 Å². The molecule has 7 nitrogen and oxygen atoms in total. The lowest BCUT2D eigenvalue weighted by molar-refractivity contribution is -0.119. The Morgan fingerprint density at radius 1 is 0.675 bits per heavy atom. The van der Waals surface area contributed by atoms with Crippen LogP contribution in [0.3, 0.4) is 0 Å². The molecule has 0 aliphatic carbocycles. The second-order valence-corrected chi connectivity index (χ2v) is 9.80. The molecule has 1 aliphatic heterocycles. The molecule has 3 amide bonds. The van der Waals surface area contributed by atoms with Gasteiger partial charge >= 0.3 is 0 Å². The summed E-state index contributed by atoms with van der Waals surface area (Å²) in [5.74, 6) is -1.39. The van der Waals surface area contributed by atoms with Crippen molar-refractivity contribution in [3.8, 4) is 0 Å². The highest BCUT2D eigenvalue weighted by Crippen LogP contribution is 2.30. The van der Waals surface area contributed by atoms with Crippen LogP contribution in [0.25, 0.3) is 32.8 Å². The fraction of sp³-hybridized carbons (Fsp3) is 0.0606. The summed E-state index contributed by atoms with van der Waals surface area (Å²) >= 11 is 0. The Morgan fingerprint density at radius 2 is 1.27 bits per heavy atom. The number of carbonyl (C=O) groups is 3. The Balaban J connectivity index is 1.29. The van der Waals surface area contributed by atoms with Gasteiger partial charge in [0.05, 0.1) is 33.2 Å². The van der Waals surface area contributed by atoms with Gasteiger partial charge in [-0.2, -0.15) is 0 Å². The van der Waals surface area contributed by atoms with E-state index in [2.05, 4.69) is 5.32 Å². The summed E-state index contributed by atoms with van der Waals surface area (Å²) in [6.07, 6.45) is 0.184. The van der Waals surface area contributed by atoms with Gasteiger partial charge in [0, 0.05) is 17.5 Å². The molecule has 5 aromatic carbocycles. The van der Waals surface area contributed by atoms with Crippen LogP contribution >= 0.6 is 0 Å². The third kappa shape index (κ3) is 3.96. The molecule has 7 heteroatoms. The number of benzene rings is 5. The Bertz CT molecular complexity index is 1950. The molecule has 1 aromatic heterocycles. The fourth-order valence-corrected chi connectivity index (χ4v) is 5.35. The highest BCUT2D eigenvalue weighted by Gasteiger charge is 2.42. The monoisotopic (exact) mass is 522 g/mol. The second-order valence-electron chi connectivity index (χ2n) is 9.80. The largest absolute Gasteiger partial charge is 0.324 e. The third-order valence-corrected chi connectivity index (χ3v) is 7.31. The van der Waals surface area contributed by atoms with Crippen LogP contribution in [0, 0.1) is 0 Å². The number of nitrogens with zero attached hydrogens (tertiary/aromatic N) is 3. The molecule has 40 heavy (non-hydrogen) atoms. The Morgan fingerprint density at radius 3 is 1.95 bits per heavy atom. The summed E-state index contributed by atoms with van der Waals surface area (Å²) in [6.45, 7) is 0. The number of rotatable bonds is 5. The number of carbonyl (C=O) groups excluding carboxylic acids is 3. The van der Waals surface area contributed by atoms with Crippen LogP contribution in [0.5, 0.6) is 0 Å². The molecule has 192 valence electrons. The van der Waals surface area contributed by atoms with Crippen LogP contribution in [0.15, 0.2) is 109 Å². The second kappa shape index (κ2) is 9.39. The van der Waals surface area contributed by atoms with E-state index in [0.29, 0.717) is 22.3 Å². The number of amides is 3. The zero-order chi connectivity index (χ0) is 27.2. The Kier molecular flexibility index (Phi) is 5.56. The van der Waals surface area contributed by atoms with E-state index in [9.17, 15) is 14.4 Å². The molecule has 7 rings (SSSR count). The van der Waals surface area contributed by atoms with Gasteiger partial charge in [-0.25, -0.2) is 9.97 Å². The standard InChI is InChI=1S/C33H22N4O3/c38-31(30(17-20-9-2-1-3-10-20)37-32(39)22-12-4-5-13-23(22)33(37)40)36-25-16-8-11-21-18-28-29(19-24(21)25)35-27-15-7-6-14-26(27)34-28/h1-16,18-19,30H,17H2,(H,36,38). The molecular formula is C33H22N4O3. The number of hydrogen-bond acceptors (Lipinski definition) is 5.